The van der Waals surface area contributed by atoms with Gasteiger partial charge in [-0.2, -0.15) is 22.0 Å². The molecule has 11 heteroatoms. The summed E-state index contributed by atoms with van der Waals surface area (Å²) >= 11 is 2.89. The van der Waals surface area contributed by atoms with Crippen LogP contribution in [0.3, 0.4) is 0 Å². The number of nitrogens with zero attached hydrogens (tertiary/aromatic N) is 2. The van der Waals surface area contributed by atoms with Crippen molar-refractivity contribution in [2.45, 2.75) is 37.1 Å². The molecule has 1 aromatic heterocycles. The highest BCUT2D eigenvalue weighted by Crippen LogP contribution is 2.51. The number of Topliss-reactive ketones (excluding diaryl/α,β-unsaturated/α-hetero) is 1. The van der Waals surface area contributed by atoms with Crippen molar-refractivity contribution in [2.75, 3.05) is 0 Å². The Labute approximate surface area is 175 Å². The van der Waals surface area contributed by atoms with Crippen LogP contribution in [0.1, 0.15) is 29.4 Å². The lowest BCUT2D eigenvalue weighted by molar-refractivity contribution is -0.288. The Bertz CT molecular complexity index is 996. The number of rotatable bonds is 4. The van der Waals surface area contributed by atoms with Crippen LogP contribution >= 0.6 is 15.9 Å². The SMILES string of the molecule is C[C@]1(c2nc(Br)ccc2F)N=C(CC(=O)c2ccccc2)O[C@@H](C(F)(F)F)C1(F)F. The molecule has 1 aliphatic rings. The monoisotopic (exact) mass is 494 g/mol. The molecule has 0 spiro atoms. The van der Waals surface area contributed by atoms with Crippen LogP contribution < -0.4 is 0 Å². The van der Waals surface area contributed by atoms with Crippen molar-refractivity contribution in [3.8, 4) is 0 Å². The quantitative estimate of drug-likeness (QED) is 0.322. The van der Waals surface area contributed by atoms with Gasteiger partial charge in [-0.3, -0.25) is 4.79 Å². The molecule has 4 nitrogen and oxygen atoms in total. The van der Waals surface area contributed by atoms with Crippen LogP contribution in [0, 0.1) is 5.82 Å². The highest BCUT2D eigenvalue weighted by Gasteiger charge is 2.70. The van der Waals surface area contributed by atoms with Gasteiger partial charge in [-0.1, -0.05) is 30.3 Å². The fraction of sp³-hybridized carbons (Fsp3) is 0.316. The summed E-state index contributed by atoms with van der Waals surface area (Å²) in [5.74, 6) is -7.59. The summed E-state index contributed by atoms with van der Waals surface area (Å²) in [6, 6.07) is 9.33. The van der Waals surface area contributed by atoms with Crippen LogP contribution in [0.25, 0.3) is 0 Å². The Hall–Kier alpha value is -2.43. The largest absolute Gasteiger partial charge is 0.461 e. The molecule has 0 amide bonds. The molecule has 2 aromatic rings. The predicted molar refractivity (Wildman–Crippen MR) is 97.9 cm³/mol. The van der Waals surface area contributed by atoms with Crippen molar-refractivity contribution in [3.63, 3.8) is 0 Å². The molecule has 30 heavy (non-hydrogen) atoms. The Balaban J connectivity index is 2.13. The average molecular weight is 495 g/mol. The third kappa shape index (κ3) is 3.94. The summed E-state index contributed by atoms with van der Waals surface area (Å²) < 4.78 is 89.0. The molecule has 2 atom stereocenters. The number of aliphatic imine (C=N–C) groups is 1. The van der Waals surface area contributed by atoms with E-state index in [0.717, 1.165) is 12.1 Å². The van der Waals surface area contributed by atoms with E-state index in [9.17, 15) is 31.1 Å². The summed E-state index contributed by atoms with van der Waals surface area (Å²) in [6.45, 7) is 0.624. The molecule has 0 radical (unpaired) electrons. The van der Waals surface area contributed by atoms with Crippen LogP contribution in [0.15, 0.2) is 52.1 Å². The molecule has 0 fully saturated rings. The Morgan fingerprint density at radius 2 is 1.80 bits per heavy atom. The number of ketones is 1. The predicted octanol–water partition coefficient (Wildman–Crippen LogP) is 5.47. The second-order valence-electron chi connectivity index (χ2n) is 6.67. The third-order valence-corrected chi connectivity index (χ3v) is 5.00. The normalized spacial score (nSPS) is 23.5. The molecular weight excluding hydrogens is 482 g/mol. The first-order valence-corrected chi connectivity index (χ1v) is 9.26. The Morgan fingerprint density at radius 3 is 2.40 bits per heavy atom. The van der Waals surface area contributed by atoms with Gasteiger partial charge in [0.25, 0.3) is 6.10 Å². The smallest absolute Gasteiger partial charge is 0.431 e. The number of pyridine rings is 1. The van der Waals surface area contributed by atoms with Crippen molar-refractivity contribution in [2.24, 2.45) is 4.99 Å². The first-order chi connectivity index (χ1) is 13.9. The van der Waals surface area contributed by atoms with Gasteiger partial charge in [0.05, 0.1) is 6.42 Å². The molecule has 0 unspecified atom stereocenters. The van der Waals surface area contributed by atoms with Crippen molar-refractivity contribution in [1.29, 1.82) is 0 Å². The van der Waals surface area contributed by atoms with E-state index in [-0.39, 0.29) is 10.2 Å². The van der Waals surface area contributed by atoms with Gasteiger partial charge in [0.2, 0.25) is 0 Å². The number of carbonyl (C=O) groups excluding carboxylic acids is 1. The molecule has 0 N–H and O–H groups in total. The molecule has 0 bridgehead atoms. The van der Waals surface area contributed by atoms with Crippen LogP contribution in [0.2, 0.25) is 0 Å². The summed E-state index contributed by atoms with van der Waals surface area (Å²) in [5, 5.41) is 0. The maximum Gasteiger partial charge on any atom is 0.431 e. The van der Waals surface area contributed by atoms with Gasteiger partial charge in [-0.25, -0.2) is 14.4 Å². The number of carbonyl (C=O) groups is 1. The maximum absolute atomic E-state index is 15.0. The van der Waals surface area contributed by atoms with E-state index in [1.807, 2.05) is 0 Å². The number of ether oxygens (including phenoxy) is 1. The molecule has 2 heterocycles. The first kappa shape index (κ1) is 22.3. The van der Waals surface area contributed by atoms with E-state index >= 15 is 0 Å². The molecule has 0 saturated carbocycles. The Kier molecular flexibility index (Phi) is 5.70. The van der Waals surface area contributed by atoms with Gasteiger partial charge in [0.1, 0.15) is 16.1 Å². The minimum atomic E-state index is -5.52. The molecule has 0 saturated heterocycles. The zero-order valence-electron chi connectivity index (χ0n) is 15.2. The van der Waals surface area contributed by atoms with Gasteiger partial charge in [0, 0.05) is 5.56 Å². The number of hydrogen-bond acceptors (Lipinski definition) is 4. The van der Waals surface area contributed by atoms with Gasteiger partial charge >= 0.3 is 12.1 Å². The summed E-state index contributed by atoms with van der Waals surface area (Å²) in [5.41, 5.74) is -3.96. The lowest BCUT2D eigenvalue weighted by Gasteiger charge is -2.42. The molecule has 0 aliphatic carbocycles. The van der Waals surface area contributed by atoms with Gasteiger partial charge in [-0.15, -0.1) is 0 Å². The van der Waals surface area contributed by atoms with Gasteiger partial charge in [-0.05, 0) is 35.0 Å². The lowest BCUT2D eigenvalue weighted by atomic mass is 9.84. The molecule has 160 valence electrons. The van der Waals surface area contributed by atoms with Crippen molar-refractivity contribution < 1.29 is 35.9 Å². The van der Waals surface area contributed by atoms with Crippen LogP contribution in [0.5, 0.6) is 0 Å². The maximum atomic E-state index is 15.0. The summed E-state index contributed by atoms with van der Waals surface area (Å²) in [6.07, 6.45) is -9.99. The second kappa shape index (κ2) is 7.68. The number of benzene rings is 1. The number of aromatic nitrogens is 1. The van der Waals surface area contributed by atoms with E-state index in [0.29, 0.717) is 6.92 Å². The summed E-state index contributed by atoms with van der Waals surface area (Å²) in [4.78, 5) is 19.5. The van der Waals surface area contributed by atoms with E-state index in [4.69, 9.17) is 0 Å². The fourth-order valence-corrected chi connectivity index (χ4v) is 3.31. The van der Waals surface area contributed by atoms with Crippen LogP contribution in [0.4, 0.5) is 26.3 Å². The summed E-state index contributed by atoms with van der Waals surface area (Å²) in [7, 11) is 0. The van der Waals surface area contributed by atoms with Gasteiger partial charge in [0.15, 0.2) is 17.2 Å². The molecule has 1 aliphatic heterocycles. The van der Waals surface area contributed by atoms with Gasteiger partial charge < -0.3 is 4.74 Å². The van der Waals surface area contributed by atoms with E-state index in [2.05, 4.69) is 30.6 Å². The molecular formula is C19H13BrF6N2O2. The van der Waals surface area contributed by atoms with Crippen molar-refractivity contribution in [1.82, 2.24) is 4.98 Å². The average Bonchev–Trinajstić information content (AvgIpc) is 2.66. The highest BCUT2D eigenvalue weighted by molar-refractivity contribution is 9.10. The lowest BCUT2D eigenvalue weighted by Crippen LogP contribution is -2.61. The fourth-order valence-electron chi connectivity index (χ4n) is 3.00. The zero-order valence-corrected chi connectivity index (χ0v) is 16.8. The Morgan fingerprint density at radius 1 is 1.17 bits per heavy atom. The minimum absolute atomic E-state index is 0.0805. The van der Waals surface area contributed by atoms with Crippen molar-refractivity contribution >= 4 is 27.6 Å². The second-order valence-corrected chi connectivity index (χ2v) is 7.48. The molecule has 1 aromatic carbocycles. The van der Waals surface area contributed by atoms with Crippen LogP contribution in [-0.2, 0) is 10.3 Å². The van der Waals surface area contributed by atoms with Crippen molar-refractivity contribution in [3.05, 3.63) is 64.1 Å². The molecule has 3 rings (SSSR count). The van der Waals surface area contributed by atoms with E-state index < -0.39 is 53.4 Å². The minimum Gasteiger partial charge on any atom is -0.461 e. The third-order valence-electron chi connectivity index (χ3n) is 4.56. The number of halogens is 7. The standard InChI is InChI=1S/C19H13BrF6N2O2/c1-17(15-11(21)7-8-13(20)27-15)18(22,23)16(19(24,25)26)30-14(28-17)9-12(29)10-5-3-2-4-6-10/h2-8,16H,9H2,1H3/t16-,17-/m1/s1. The van der Waals surface area contributed by atoms with E-state index in [1.165, 1.54) is 24.3 Å². The first-order valence-electron chi connectivity index (χ1n) is 8.47. The number of hydrogen-bond donors (Lipinski definition) is 0. The topological polar surface area (TPSA) is 51.5 Å². The van der Waals surface area contributed by atoms with Crippen LogP contribution in [-0.4, -0.2) is 34.9 Å². The van der Waals surface area contributed by atoms with E-state index in [1.54, 1.807) is 6.07 Å². The zero-order chi connectivity index (χ0) is 22.3. The number of alkyl halides is 5. The highest BCUT2D eigenvalue weighted by atomic mass is 79.9.